The first-order valence-electron chi connectivity index (χ1n) is 4.63. The molecule has 0 saturated heterocycles. The lowest BCUT2D eigenvalue weighted by Crippen LogP contribution is -2.28. The second kappa shape index (κ2) is 4.27. The highest BCUT2D eigenvalue weighted by molar-refractivity contribution is 7.80. The first kappa shape index (κ1) is 9.92. The van der Waals surface area contributed by atoms with Crippen LogP contribution in [0.3, 0.4) is 0 Å². The van der Waals surface area contributed by atoms with Crippen molar-refractivity contribution >= 4 is 23.2 Å². The van der Waals surface area contributed by atoms with Crippen LogP contribution >= 0.6 is 12.2 Å². The number of thiocarbonyl (C=S) groups is 1. The van der Waals surface area contributed by atoms with Gasteiger partial charge in [0.05, 0.1) is 0 Å². The van der Waals surface area contributed by atoms with Crippen molar-refractivity contribution in [2.75, 3.05) is 0 Å². The van der Waals surface area contributed by atoms with E-state index in [-0.39, 0.29) is 5.11 Å². The van der Waals surface area contributed by atoms with Crippen LogP contribution in [0.4, 0.5) is 0 Å². The highest BCUT2D eigenvalue weighted by atomic mass is 32.1. The smallest absolute Gasteiger partial charge is 0.212 e. The molecule has 0 amide bonds. The van der Waals surface area contributed by atoms with Crippen LogP contribution in [0.1, 0.15) is 12.0 Å². The van der Waals surface area contributed by atoms with Gasteiger partial charge >= 0.3 is 0 Å². The van der Waals surface area contributed by atoms with Gasteiger partial charge in [-0.3, -0.25) is 5.43 Å². The molecule has 2 rings (SSSR count). The molecular weight excluding hydrogens is 210 g/mol. The summed E-state index contributed by atoms with van der Waals surface area (Å²) < 4.78 is 5.55. The molecule has 1 aliphatic heterocycles. The summed E-state index contributed by atoms with van der Waals surface area (Å²) in [5.41, 5.74) is 8.98. The van der Waals surface area contributed by atoms with Crippen LogP contribution in [-0.4, -0.2) is 11.0 Å². The molecule has 15 heavy (non-hydrogen) atoms. The van der Waals surface area contributed by atoms with E-state index in [0.717, 1.165) is 18.6 Å². The van der Waals surface area contributed by atoms with Crippen LogP contribution in [0.5, 0.6) is 5.75 Å². The van der Waals surface area contributed by atoms with Gasteiger partial charge in [-0.05, 0) is 30.3 Å². The van der Waals surface area contributed by atoms with E-state index in [1.807, 2.05) is 24.3 Å². The number of nitrogens with zero attached hydrogens (tertiary/aromatic N) is 1. The predicted octanol–water partition coefficient (Wildman–Crippen LogP) is 1.16. The minimum absolute atomic E-state index is 0.143. The van der Waals surface area contributed by atoms with Gasteiger partial charge in [0.15, 0.2) is 5.11 Å². The molecule has 0 radical (unpaired) electrons. The molecular formula is C10H11N3OS. The van der Waals surface area contributed by atoms with E-state index in [1.54, 1.807) is 0 Å². The summed E-state index contributed by atoms with van der Waals surface area (Å²) in [7, 11) is 0. The quantitative estimate of drug-likeness (QED) is 0.552. The van der Waals surface area contributed by atoms with Crippen LogP contribution in [0.15, 0.2) is 29.4 Å². The summed E-state index contributed by atoms with van der Waals surface area (Å²) in [5, 5.41) is 4.10. The van der Waals surface area contributed by atoms with Crippen molar-refractivity contribution < 1.29 is 4.74 Å². The number of nitrogens with one attached hydrogen (secondary N) is 1. The Bertz CT molecular complexity index is 417. The summed E-state index contributed by atoms with van der Waals surface area (Å²) in [6, 6.07) is 7.90. The molecule has 0 bridgehead atoms. The largest absolute Gasteiger partial charge is 0.441 e. The van der Waals surface area contributed by atoms with Crippen molar-refractivity contribution in [2.45, 2.75) is 12.8 Å². The number of para-hydroxylation sites is 1. The van der Waals surface area contributed by atoms with E-state index in [9.17, 15) is 0 Å². The number of hydrogen-bond donors (Lipinski definition) is 2. The third kappa shape index (κ3) is 2.44. The van der Waals surface area contributed by atoms with Crippen molar-refractivity contribution in [3.8, 4) is 5.75 Å². The normalized spacial score (nSPS) is 16.7. The highest BCUT2D eigenvalue weighted by Crippen LogP contribution is 2.24. The number of fused-ring (bicyclic) bond motifs is 1. The molecule has 0 aliphatic carbocycles. The Labute approximate surface area is 93.1 Å². The molecule has 78 valence electrons. The van der Waals surface area contributed by atoms with E-state index in [0.29, 0.717) is 5.90 Å². The zero-order chi connectivity index (χ0) is 10.7. The second-order valence-corrected chi connectivity index (χ2v) is 3.63. The van der Waals surface area contributed by atoms with Crippen LogP contribution < -0.4 is 15.9 Å². The minimum Gasteiger partial charge on any atom is -0.441 e. The molecule has 0 saturated carbocycles. The van der Waals surface area contributed by atoms with Crippen molar-refractivity contribution in [1.29, 1.82) is 0 Å². The first-order chi connectivity index (χ1) is 7.25. The van der Waals surface area contributed by atoms with Gasteiger partial charge in [0.25, 0.3) is 0 Å². The minimum atomic E-state index is 0.143. The van der Waals surface area contributed by atoms with Crippen LogP contribution in [0.25, 0.3) is 0 Å². The zero-order valence-corrected chi connectivity index (χ0v) is 8.88. The number of aryl methyl sites for hydroxylation is 1. The molecule has 1 aromatic rings. The summed E-state index contributed by atoms with van der Waals surface area (Å²) in [5.74, 6) is 1.47. The maximum absolute atomic E-state index is 5.55. The van der Waals surface area contributed by atoms with Gasteiger partial charge in [0.1, 0.15) is 5.75 Å². The monoisotopic (exact) mass is 221 g/mol. The van der Waals surface area contributed by atoms with Crippen molar-refractivity contribution in [3.63, 3.8) is 0 Å². The maximum atomic E-state index is 5.55. The second-order valence-electron chi connectivity index (χ2n) is 3.19. The lowest BCUT2D eigenvalue weighted by Gasteiger charge is -2.17. The summed E-state index contributed by atoms with van der Waals surface area (Å²) in [4.78, 5) is 0. The van der Waals surface area contributed by atoms with E-state index in [4.69, 9.17) is 10.5 Å². The third-order valence-corrected chi connectivity index (χ3v) is 2.19. The number of nitrogens with two attached hydrogens (primary N) is 1. The predicted molar refractivity (Wildman–Crippen MR) is 62.7 cm³/mol. The van der Waals surface area contributed by atoms with E-state index >= 15 is 0 Å². The molecule has 0 spiro atoms. The van der Waals surface area contributed by atoms with E-state index < -0.39 is 0 Å². The third-order valence-electron chi connectivity index (χ3n) is 2.10. The number of ether oxygens (including phenoxy) is 1. The van der Waals surface area contributed by atoms with Crippen LogP contribution in [0.2, 0.25) is 0 Å². The van der Waals surface area contributed by atoms with Gasteiger partial charge in [0.2, 0.25) is 5.90 Å². The summed E-state index contributed by atoms with van der Waals surface area (Å²) >= 11 is 4.65. The Balaban J connectivity index is 2.12. The lowest BCUT2D eigenvalue weighted by molar-refractivity contribution is 0.497. The Morgan fingerprint density at radius 3 is 3.00 bits per heavy atom. The average molecular weight is 221 g/mol. The van der Waals surface area contributed by atoms with Gasteiger partial charge < -0.3 is 10.5 Å². The SMILES string of the molecule is NC(=S)N/N=C1\CCc2ccccc2O1. The van der Waals surface area contributed by atoms with Crippen LogP contribution in [0, 0.1) is 0 Å². The number of benzene rings is 1. The molecule has 0 unspecified atom stereocenters. The van der Waals surface area contributed by atoms with Crippen molar-refractivity contribution in [2.24, 2.45) is 10.8 Å². The standard InChI is InChI=1S/C10H11N3OS/c11-10(15)13-12-9-6-5-7-3-1-2-4-8(7)14-9/h1-4H,5-6H2,(H3,11,13,15)/b12-9+. The molecule has 3 N–H and O–H groups in total. The van der Waals surface area contributed by atoms with Gasteiger partial charge in [-0.2, -0.15) is 0 Å². The number of hydrazone groups is 1. The van der Waals surface area contributed by atoms with E-state index in [2.05, 4.69) is 22.7 Å². The number of rotatable bonds is 1. The first-order valence-corrected chi connectivity index (χ1v) is 5.04. The Morgan fingerprint density at radius 2 is 2.20 bits per heavy atom. The highest BCUT2D eigenvalue weighted by Gasteiger charge is 2.14. The molecule has 1 aliphatic rings. The molecule has 1 aromatic carbocycles. The fourth-order valence-electron chi connectivity index (χ4n) is 1.43. The fraction of sp³-hybridized carbons (Fsp3) is 0.200. The maximum Gasteiger partial charge on any atom is 0.212 e. The molecule has 0 fully saturated rings. The Hall–Kier alpha value is -1.62. The molecule has 0 aromatic heterocycles. The van der Waals surface area contributed by atoms with E-state index in [1.165, 1.54) is 5.56 Å². The molecule has 5 heteroatoms. The van der Waals surface area contributed by atoms with Gasteiger partial charge in [0, 0.05) is 6.42 Å². The van der Waals surface area contributed by atoms with Gasteiger partial charge in [-0.25, -0.2) is 0 Å². The lowest BCUT2D eigenvalue weighted by atomic mass is 10.1. The average Bonchev–Trinajstić information content (AvgIpc) is 2.26. The Morgan fingerprint density at radius 1 is 1.40 bits per heavy atom. The Kier molecular flexibility index (Phi) is 2.82. The topological polar surface area (TPSA) is 59.6 Å². The summed E-state index contributed by atoms with van der Waals surface area (Å²) in [6.07, 6.45) is 1.68. The van der Waals surface area contributed by atoms with Crippen molar-refractivity contribution in [3.05, 3.63) is 29.8 Å². The van der Waals surface area contributed by atoms with Crippen molar-refractivity contribution in [1.82, 2.24) is 5.43 Å². The fourth-order valence-corrected chi connectivity index (χ4v) is 1.47. The molecule has 1 heterocycles. The summed E-state index contributed by atoms with van der Waals surface area (Å²) in [6.45, 7) is 0. The van der Waals surface area contributed by atoms with Crippen LogP contribution in [-0.2, 0) is 6.42 Å². The molecule has 0 atom stereocenters. The van der Waals surface area contributed by atoms with Gasteiger partial charge in [-0.1, -0.05) is 18.2 Å². The van der Waals surface area contributed by atoms with Gasteiger partial charge in [-0.15, -0.1) is 5.10 Å². The zero-order valence-electron chi connectivity index (χ0n) is 8.06. The molecule has 4 nitrogen and oxygen atoms in total. The number of hydrogen-bond acceptors (Lipinski definition) is 3.